The van der Waals surface area contributed by atoms with Crippen molar-refractivity contribution in [2.75, 3.05) is 0 Å². The van der Waals surface area contributed by atoms with Gasteiger partial charge < -0.3 is 5.32 Å². The summed E-state index contributed by atoms with van der Waals surface area (Å²) in [5.41, 5.74) is 1.33. The molecule has 0 aromatic heterocycles. The average molecular weight is 240 g/mol. The van der Waals surface area contributed by atoms with Crippen molar-refractivity contribution >= 4 is 11.6 Å². The van der Waals surface area contributed by atoms with E-state index in [2.05, 4.69) is 38.2 Å². The zero-order valence-corrected chi connectivity index (χ0v) is 11.2. The molecule has 0 bridgehead atoms. The Bertz CT molecular complexity index is 294. The van der Waals surface area contributed by atoms with Gasteiger partial charge in [-0.2, -0.15) is 0 Å². The van der Waals surface area contributed by atoms with Crippen LogP contribution in [-0.4, -0.2) is 6.04 Å². The van der Waals surface area contributed by atoms with Crippen molar-refractivity contribution < 1.29 is 0 Å². The van der Waals surface area contributed by atoms with Crippen molar-refractivity contribution in [1.82, 2.24) is 5.32 Å². The van der Waals surface area contributed by atoms with Gasteiger partial charge in [0.2, 0.25) is 0 Å². The average Bonchev–Trinajstić information content (AvgIpc) is 2.27. The second kappa shape index (κ2) is 6.93. The molecule has 0 radical (unpaired) electrons. The van der Waals surface area contributed by atoms with E-state index < -0.39 is 0 Å². The van der Waals surface area contributed by atoms with Gasteiger partial charge >= 0.3 is 0 Å². The van der Waals surface area contributed by atoms with Gasteiger partial charge in [0.05, 0.1) is 0 Å². The first-order chi connectivity index (χ1) is 7.67. The smallest absolute Gasteiger partial charge is 0.0406 e. The lowest BCUT2D eigenvalue weighted by Crippen LogP contribution is -2.30. The normalized spacial score (nSPS) is 14.8. The van der Waals surface area contributed by atoms with Gasteiger partial charge in [0.15, 0.2) is 0 Å². The fourth-order valence-electron chi connectivity index (χ4n) is 2.00. The van der Waals surface area contributed by atoms with Crippen LogP contribution >= 0.6 is 11.6 Å². The summed E-state index contributed by atoms with van der Waals surface area (Å²) in [5, 5.41) is 4.47. The first kappa shape index (κ1) is 13.5. The van der Waals surface area contributed by atoms with Gasteiger partial charge in [0, 0.05) is 17.1 Å². The van der Waals surface area contributed by atoms with E-state index in [4.69, 9.17) is 11.6 Å². The number of hydrogen-bond donors (Lipinski definition) is 1. The molecule has 0 fully saturated rings. The Morgan fingerprint density at radius 1 is 1.19 bits per heavy atom. The minimum atomic E-state index is 0.443. The first-order valence-corrected chi connectivity index (χ1v) is 6.56. The molecule has 0 spiro atoms. The molecule has 1 nitrogen and oxygen atoms in total. The highest BCUT2D eigenvalue weighted by atomic mass is 35.5. The summed E-state index contributed by atoms with van der Waals surface area (Å²) >= 11 is 5.89. The second-order valence-electron chi connectivity index (χ2n) is 4.37. The van der Waals surface area contributed by atoms with Gasteiger partial charge in [0.25, 0.3) is 0 Å². The molecular formula is C14H22ClN. The van der Waals surface area contributed by atoms with Crippen LogP contribution in [0.5, 0.6) is 0 Å². The first-order valence-electron chi connectivity index (χ1n) is 6.18. The third kappa shape index (κ3) is 4.15. The minimum Gasteiger partial charge on any atom is -0.307 e. The van der Waals surface area contributed by atoms with Crippen LogP contribution < -0.4 is 5.32 Å². The van der Waals surface area contributed by atoms with Gasteiger partial charge in [-0.1, -0.05) is 44.0 Å². The van der Waals surface area contributed by atoms with Crippen molar-refractivity contribution in [3.05, 3.63) is 34.9 Å². The van der Waals surface area contributed by atoms with Crippen molar-refractivity contribution in [2.45, 2.75) is 52.1 Å². The summed E-state index contributed by atoms with van der Waals surface area (Å²) in [6, 6.07) is 9.17. The number of hydrogen-bond acceptors (Lipinski definition) is 1. The van der Waals surface area contributed by atoms with E-state index in [1.807, 2.05) is 12.1 Å². The quantitative estimate of drug-likeness (QED) is 0.767. The van der Waals surface area contributed by atoms with E-state index in [0.29, 0.717) is 12.1 Å². The molecule has 0 amide bonds. The van der Waals surface area contributed by atoms with E-state index in [0.717, 1.165) is 11.4 Å². The molecule has 0 heterocycles. The van der Waals surface area contributed by atoms with Gasteiger partial charge in [-0.15, -0.1) is 0 Å². The molecule has 0 aliphatic carbocycles. The summed E-state index contributed by atoms with van der Waals surface area (Å²) in [6.45, 7) is 6.69. The molecule has 16 heavy (non-hydrogen) atoms. The van der Waals surface area contributed by atoms with E-state index in [1.165, 1.54) is 18.4 Å². The minimum absolute atomic E-state index is 0.443. The van der Waals surface area contributed by atoms with E-state index in [1.54, 1.807) is 0 Å². The molecule has 2 unspecified atom stereocenters. The monoisotopic (exact) mass is 239 g/mol. The number of halogens is 1. The molecule has 1 N–H and O–H groups in total. The van der Waals surface area contributed by atoms with Crippen LogP contribution in [-0.2, 0) is 0 Å². The summed E-state index contributed by atoms with van der Waals surface area (Å²) in [4.78, 5) is 0. The maximum Gasteiger partial charge on any atom is 0.0406 e. The fraction of sp³-hybridized carbons (Fsp3) is 0.571. The third-order valence-corrected chi connectivity index (χ3v) is 3.14. The second-order valence-corrected chi connectivity index (χ2v) is 4.81. The van der Waals surface area contributed by atoms with E-state index in [-0.39, 0.29) is 0 Å². The lowest BCUT2D eigenvalue weighted by Gasteiger charge is -2.22. The molecule has 1 rings (SSSR count). The van der Waals surface area contributed by atoms with Gasteiger partial charge in [-0.3, -0.25) is 0 Å². The molecule has 1 aromatic rings. The van der Waals surface area contributed by atoms with Crippen LogP contribution in [0.3, 0.4) is 0 Å². The third-order valence-electron chi connectivity index (χ3n) is 2.89. The Morgan fingerprint density at radius 3 is 2.31 bits per heavy atom. The molecule has 0 aliphatic rings. The zero-order chi connectivity index (χ0) is 12.0. The van der Waals surface area contributed by atoms with Crippen molar-refractivity contribution in [2.24, 2.45) is 0 Å². The molecular weight excluding hydrogens is 218 g/mol. The number of nitrogens with one attached hydrogen (secondary N) is 1. The largest absolute Gasteiger partial charge is 0.307 e. The standard InChI is InChI=1S/C14H22ClN/c1-4-6-11(3)16-14(5-2)12-7-9-13(15)10-8-12/h7-11,14,16H,4-6H2,1-3H3. The summed E-state index contributed by atoms with van der Waals surface area (Å²) in [5.74, 6) is 0. The maximum absolute atomic E-state index is 5.89. The molecule has 0 aliphatic heterocycles. The van der Waals surface area contributed by atoms with Crippen molar-refractivity contribution in [3.63, 3.8) is 0 Å². The van der Waals surface area contributed by atoms with Crippen molar-refractivity contribution in [3.8, 4) is 0 Å². The fourth-order valence-corrected chi connectivity index (χ4v) is 2.13. The molecule has 1 aromatic carbocycles. The van der Waals surface area contributed by atoms with Crippen molar-refractivity contribution in [1.29, 1.82) is 0 Å². The molecule has 90 valence electrons. The Balaban J connectivity index is 2.63. The highest BCUT2D eigenvalue weighted by molar-refractivity contribution is 6.30. The Morgan fingerprint density at radius 2 is 1.81 bits per heavy atom. The molecule has 0 saturated carbocycles. The molecule has 0 saturated heterocycles. The topological polar surface area (TPSA) is 12.0 Å². The summed E-state index contributed by atoms with van der Waals surface area (Å²) < 4.78 is 0. The Labute approximate surface area is 104 Å². The highest BCUT2D eigenvalue weighted by Gasteiger charge is 2.11. The van der Waals surface area contributed by atoms with Gasteiger partial charge in [-0.25, -0.2) is 0 Å². The zero-order valence-electron chi connectivity index (χ0n) is 10.5. The maximum atomic E-state index is 5.89. The Hall–Kier alpha value is -0.530. The van der Waals surface area contributed by atoms with Crippen LogP contribution in [0.15, 0.2) is 24.3 Å². The van der Waals surface area contributed by atoms with Crippen LogP contribution in [0, 0.1) is 0 Å². The highest BCUT2D eigenvalue weighted by Crippen LogP contribution is 2.20. The predicted molar refractivity (Wildman–Crippen MR) is 72.0 cm³/mol. The van der Waals surface area contributed by atoms with Crippen LogP contribution in [0.1, 0.15) is 51.6 Å². The molecule has 2 atom stereocenters. The number of benzene rings is 1. The van der Waals surface area contributed by atoms with Gasteiger partial charge in [0.1, 0.15) is 0 Å². The molecule has 2 heteroatoms. The summed E-state index contributed by atoms with van der Waals surface area (Å²) in [7, 11) is 0. The lowest BCUT2D eigenvalue weighted by molar-refractivity contribution is 0.424. The van der Waals surface area contributed by atoms with Crippen LogP contribution in [0.4, 0.5) is 0 Å². The lowest BCUT2D eigenvalue weighted by atomic mass is 10.0. The SMILES string of the molecule is CCCC(C)NC(CC)c1ccc(Cl)cc1. The predicted octanol–water partition coefficient (Wildman–Crippen LogP) is 4.57. The van der Waals surface area contributed by atoms with E-state index in [9.17, 15) is 0 Å². The number of rotatable bonds is 6. The van der Waals surface area contributed by atoms with E-state index >= 15 is 0 Å². The van der Waals surface area contributed by atoms with Gasteiger partial charge in [-0.05, 0) is 37.5 Å². The van der Waals surface area contributed by atoms with Crippen LogP contribution in [0.2, 0.25) is 5.02 Å². The summed E-state index contributed by atoms with van der Waals surface area (Å²) in [6.07, 6.45) is 3.56. The van der Waals surface area contributed by atoms with Crippen LogP contribution in [0.25, 0.3) is 0 Å². The Kier molecular flexibility index (Phi) is 5.86.